The summed E-state index contributed by atoms with van der Waals surface area (Å²) in [5, 5.41) is 2.96. The minimum absolute atomic E-state index is 0.0372. The average Bonchev–Trinajstić information content (AvgIpc) is 3.23. The Labute approximate surface area is 140 Å². The Morgan fingerprint density at radius 1 is 1.08 bits per heavy atom. The van der Waals surface area contributed by atoms with Gasteiger partial charge >= 0.3 is 0 Å². The first-order valence-corrected chi connectivity index (χ1v) is 8.46. The molecular weight excluding hydrogens is 305 g/mol. The predicted molar refractivity (Wildman–Crippen MR) is 91.6 cm³/mol. The molecule has 0 radical (unpaired) electrons. The Hall–Kier alpha value is -2.43. The van der Waals surface area contributed by atoms with Crippen LogP contribution >= 0.6 is 0 Å². The summed E-state index contributed by atoms with van der Waals surface area (Å²) in [6.45, 7) is 2.10. The topological polar surface area (TPSA) is 45.2 Å². The zero-order valence-electron chi connectivity index (χ0n) is 13.5. The Bertz CT molecular complexity index is 732. The number of hydrogen-bond donors (Lipinski definition) is 1. The van der Waals surface area contributed by atoms with Crippen molar-refractivity contribution in [2.24, 2.45) is 0 Å². The summed E-state index contributed by atoms with van der Waals surface area (Å²) in [5.74, 6) is 0.645. The van der Waals surface area contributed by atoms with Crippen LogP contribution in [0.15, 0.2) is 42.6 Å². The summed E-state index contributed by atoms with van der Waals surface area (Å²) in [4.78, 5) is 19.4. The van der Waals surface area contributed by atoms with Crippen LogP contribution < -0.4 is 10.2 Å². The molecule has 24 heavy (non-hydrogen) atoms. The number of benzene rings is 1. The van der Waals surface area contributed by atoms with Crippen molar-refractivity contribution in [1.29, 1.82) is 0 Å². The molecule has 1 N–H and O–H groups in total. The first-order valence-electron chi connectivity index (χ1n) is 8.46. The largest absolute Gasteiger partial charge is 0.357 e. The molecule has 4 rings (SSSR count). The van der Waals surface area contributed by atoms with E-state index >= 15 is 0 Å². The zero-order chi connectivity index (χ0) is 16.6. The molecule has 2 aromatic rings. The van der Waals surface area contributed by atoms with Crippen LogP contribution in [0.5, 0.6) is 0 Å². The predicted octanol–water partition coefficient (Wildman–Crippen LogP) is 3.49. The third-order valence-electron chi connectivity index (χ3n) is 5.02. The highest BCUT2D eigenvalue weighted by molar-refractivity contribution is 6.01. The molecule has 0 spiro atoms. The van der Waals surface area contributed by atoms with Gasteiger partial charge in [0.15, 0.2) is 0 Å². The highest BCUT2D eigenvalue weighted by Gasteiger charge is 2.51. The number of anilines is 2. The lowest BCUT2D eigenvalue weighted by Gasteiger charge is -2.18. The molecule has 1 amide bonds. The van der Waals surface area contributed by atoms with Gasteiger partial charge in [0.1, 0.15) is 11.6 Å². The quantitative estimate of drug-likeness (QED) is 0.936. The fourth-order valence-corrected chi connectivity index (χ4v) is 3.38. The second kappa shape index (κ2) is 5.89. The van der Waals surface area contributed by atoms with Crippen molar-refractivity contribution < 1.29 is 9.18 Å². The van der Waals surface area contributed by atoms with E-state index in [2.05, 4.69) is 15.2 Å². The Kier molecular flexibility index (Phi) is 3.71. The summed E-state index contributed by atoms with van der Waals surface area (Å²) in [7, 11) is 0. The molecule has 5 heteroatoms. The lowest BCUT2D eigenvalue weighted by Crippen LogP contribution is -2.28. The number of aromatic nitrogens is 1. The number of carbonyl (C=O) groups is 1. The minimum Gasteiger partial charge on any atom is -0.357 e. The summed E-state index contributed by atoms with van der Waals surface area (Å²) >= 11 is 0. The van der Waals surface area contributed by atoms with Crippen LogP contribution in [0, 0.1) is 5.82 Å². The van der Waals surface area contributed by atoms with E-state index in [1.807, 2.05) is 12.1 Å². The van der Waals surface area contributed by atoms with Gasteiger partial charge in [-0.2, -0.15) is 0 Å². The van der Waals surface area contributed by atoms with Crippen LogP contribution in [0.2, 0.25) is 0 Å². The molecule has 0 bridgehead atoms. The van der Waals surface area contributed by atoms with Crippen molar-refractivity contribution in [2.75, 3.05) is 23.3 Å². The lowest BCUT2D eigenvalue weighted by atomic mass is 9.95. The maximum absolute atomic E-state index is 13.1. The summed E-state index contributed by atoms with van der Waals surface area (Å²) in [6, 6.07) is 10.1. The van der Waals surface area contributed by atoms with Crippen LogP contribution in [0.1, 0.15) is 31.2 Å². The van der Waals surface area contributed by atoms with Crippen molar-refractivity contribution in [1.82, 2.24) is 4.98 Å². The summed E-state index contributed by atoms with van der Waals surface area (Å²) in [6.07, 6.45) is 5.72. The highest BCUT2D eigenvalue weighted by atomic mass is 19.1. The SMILES string of the molecule is O=C(Nc1ccc(N2CCCC2)nc1)C1(c2ccc(F)cc2)CC1. The molecule has 1 aromatic heterocycles. The Morgan fingerprint density at radius 2 is 1.79 bits per heavy atom. The first-order chi connectivity index (χ1) is 11.7. The van der Waals surface area contributed by atoms with E-state index in [1.165, 1.54) is 25.0 Å². The molecule has 1 aromatic carbocycles. The van der Waals surface area contributed by atoms with E-state index in [0.717, 1.165) is 37.3 Å². The second-order valence-corrected chi connectivity index (χ2v) is 6.64. The standard InChI is InChI=1S/C19H20FN3O/c20-15-5-3-14(4-6-15)19(9-10-19)18(24)22-16-7-8-17(21-13-16)23-11-1-2-12-23/h3-8,13H,1-2,9-12H2,(H,22,24). The smallest absolute Gasteiger partial charge is 0.235 e. The van der Waals surface area contributed by atoms with Gasteiger partial charge in [0.05, 0.1) is 17.3 Å². The normalized spacial score (nSPS) is 18.5. The third kappa shape index (κ3) is 2.75. The minimum atomic E-state index is -0.513. The molecule has 2 heterocycles. The number of halogens is 1. The van der Waals surface area contributed by atoms with Gasteiger partial charge in [0.2, 0.25) is 5.91 Å². The van der Waals surface area contributed by atoms with Gasteiger partial charge in [0, 0.05) is 13.1 Å². The number of pyridine rings is 1. The summed E-state index contributed by atoms with van der Waals surface area (Å²) < 4.78 is 13.1. The average molecular weight is 325 g/mol. The van der Waals surface area contributed by atoms with Crippen molar-refractivity contribution in [3.8, 4) is 0 Å². The molecule has 1 saturated carbocycles. The molecule has 1 aliphatic heterocycles. The molecule has 1 saturated heterocycles. The molecule has 0 unspecified atom stereocenters. The van der Waals surface area contributed by atoms with Gasteiger partial charge in [-0.25, -0.2) is 9.37 Å². The molecule has 124 valence electrons. The lowest BCUT2D eigenvalue weighted by molar-refractivity contribution is -0.118. The maximum atomic E-state index is 13.1. The van der Waals surface area contributed by atoms with E-state index in [0.29, 0.717) is 5.69 Å². The molecule has 2 fully saturated rings. The van der Waals surface area contributed by atoms with Crippen LogP contribution in [0.3, 0.4) is 0 Å². The monoisotopic (exact) mass is 325 g/mol. The number of nitrogens with zero attached hydrogens (tertiary/aromatic N) is 2. The van der Waals surface area contributed by atoms with Crippen molar-refractivity contribution in [3.05, 3.63) is 54.0 Å². The fraction of sp³-hybridized carbons (Fsp3) is 0.368. The van der Waals surface area contributed by atoms with Crippen LogP contribution in [0.4, 0.5) is 15.9 Å². The van der Waals surface area contributed by atoms with Gasteiger partial charge in [-0.15, -0.1) is 0 Å². The molecule has 1 aliphatic carbocycles. The van der Waals surface area contributed by atoms with Crippen LogP contribution in [-0.4, -0.2) is 24.0 Å². The number of carbonyl (C=O) groups excluding carboxylic acids is 1. The van der Waals surface area contributed by atoms with E-state index in [-0.39, 0.29) is 11.7 Å². The van der Waals surface area contributed by atoms with Crippen LogP contribution in [-0.2, 0) is 10.2 Å². The van der Waals surface area contributed by atoms with Gasteiger partial charge in [-0.1, -0.05) is 12.1 Å². The number of nitrogens with one attached hydrogen (secondary N) is 1. The third-order valence-corrected chi connectivity index (χ3v) is 5.02. The number of rotatable bonds is 4. The van der Waals surface area contributed by atoms with E-state index in [1.54, 1.807) is 18.3 Å². The van der Waals surface area contributed by atoms with E-state index in [4.69, 9.17) is 0 Å². The number of amides is 1. The number of hydrogen-bond acceptors (Lipinski definition) is 3. The maximum Gasteiger partial charge on any atom is 0.235 e. The van der Waals surface area contributed by atoms with Crippen molar-refractivity contribution in [2.45, 2.75) is 31.1 Å². The zero-order valence-corrected chi connectivity index (χ0v) is 13.5. The van der Waals surface area contributed by atoms with Crippen LogP contribution in [0.25, 0.3) is 0 Å². The fourth-order valence-electron chi connectivity index (χ4n) is 3.38. The van der Waals surface area contributed by atoms with Gasteiger partial charge in [-0.3, -0.25) is 4.79 Å². The van der Waals surface area contributed by atoms with E-state index in [9.17, 15) is 9.18 Å². The van der Waals surface area contributed by atoms with Gasteiger partial charge < -0.3 is 10.2 Å². The molecule has 2 aliphatic rings. The van der Waals surface area contributed by atoms with Crippen molar-refractivity contribution in [3.63, 3.8) is 0 Å². The second-order valence-electron chi connectivity index (χ2n) is 6.64. The Morgan fingerprint density at radius 3 is 2.38 bits per heavy atom. The van der Waals surface area contributed by atoms with Gasteiger partial charge in [-0.05, 0) is 55.5 Å². The highest BCUT2D eigenvalue weighted by Crippen LogP contribution is 2.49. The molecule has 0 atom stereocenters. The molecule has 4 nitrogen and oxygen atoms in total. The first kappa shape index (κ1) is 15.1. The Balaban J connectivity index is 1.46. The molecular formula is C19H20FN3O. The summed E-state index contributed by atoms with van der Waals surface area (Å²) in [5.41, 5.74) is 1.07. The van der Waals surface area contributed by atoms with E-state index < -0.39 is 5.41 Å². The van der Waals surface area contributed by atoms with Gasteiger partial charge in [0.25, 0.3) is 0 Å². The van der Waals surface area contributed by atoms with Crippen molar-refractivity contribution >= 4 is 17.4 Å².